The predicted octanol–water partition coefficient (Wildman–Crippen LogP) is 3.05. The highest BCUT2D eigenvalue weighted by Gasteiger charge is 2.14. The number of halogens is 1. The van der Waals surface area contributed by atoms with Crippen LogP contribution in [0.3, 0.4) is 0 Å². The Hall–Kier alpha value is -1.24. The number of hydrogen-bond donors (Lipinski definition) is 1. The van der Waals surface area contributed by atoms with Gasteiger partial charge in [-0.25, -0.2) is 0 Å². The van der Waals surface area contributed by atoms with E-state index >= 15 is 0 Å². The summed E-state index contributed by atoms with van der Waals surface area (Å²) in [5.74, 6) is 0.646. The molecule has 1 heterocycles. The molecule has 90 valence electrons. The molecule has 1 unspecified atom stereocenters. The Labute approximate surface area is 106 Å². The zero-order valence-electron chi connectivity index (χ0n) is 9.58. The fourth-order valence-electron chi connectivity index (χ4n) is 1.98. The van der Waals surface area contributed by atoms with Gasteiger partial charge >= 0.3 is 0 Å². The van der Waals surface area contributed by atoms with E-state index in [-0.39, 0.29) is 0 Å². The number of anilines is 1. The van der Waals surface area contributed by atoms with Crippen LogP contribution in [0.1, 0.15) is 18.4 Å². The lowest BCUT2D eigenvalue weighted by Crippen LogP contribution is -2.09. The summed E-state index contributed by atoms with van der Waals surface area (Å²) in [7, 11) is 0. The van der Waals surface area contributed by atoms with Gasteiger partial charge in [-0.15, -0.1) is 0 Å². The van der Waals surface area contributed by atoms with E-state index in [1.807, 2.05) is 0 Å². The first kappa shape index (κ1) is 12.2. The number of nitriles is 1. The number of nitrogens with zero attached hydrogens (tertiary/aromatic N) is 1. The SMILES string of the molecule is N#Cc1ccc(Cl)cc1NCCC1CCOC1. The number of nitrogens with one attached hydrogen (secondary N) is 1. The van der Waals surface area contributed by atoms with Gasteiger partial charge in [-0.3, -0.25) is 0 Å². The summed E-state index contributed by atoms with van der Waals surface area (Å²) in [6.45, 7) is 2.59. The Morgan fingerprint density at radius 3 is 3.12 bits per heavy atom. The molecule has 0 saturated carbocycles. The zero-order chi connectivity index (χ0) is 12.1. The van der Waals surface area contributed by atoms with E-state index in [1.54, 1.807) is 18.2 Å². The van der Waals surface area contributed by atoms with Crippen molar-refractivity contribution >= 4 is 17.3 Å². The molecular weight excluding hydrogens is 236 g/mol. The molecule has 0 aromatic heterocycles. The lowest BCUT2D eigenvalue weighted by atomic mass is 10.1. The average molecular weight is 251 g/mol. The first-order valence-electron chi connectivity index (χ1n) is 5.81. The van der Waals surface area contributed by atoms with Crippen molar-refractivity contribution in [2.24, 2.45) is 5.92 Å². The molecule has 1 saturated heterocycles. The monoisotopic (exact) mass is 250 g/mol. The van der Waals surface area contributed by atoms with Gasteiger partial charge in [-0.2, -0.15) is 5.26 Å². The fourth-order valence-corrected chi connectivity index (χ4v) is 2.15. The summed E-state index contributed by atoms with van der Waals surface area (Å²) >= 11 is 5.91. The van der Waals surface area contributed by atoms with Crippen LogP contribution in [0, 0.1) is 17.2 Å². The Kier molecular flexibility index (Phi) is 4.24. The van der Waals surface area contributed by atoms with Gasteiger partial charge in [0.2, 0.25) is 0 Å². The summed E-state index contributed by atoms with van der Waals surface area (Å²) in [5, 5.41) is 12.9. The van der Waals surface area contributed by atoms with Gasteiger partial charge in [0.25, 0.3) is 0 Å². The van der Waals surface area contributed by atoms with Crippen LogP contribution in [-0.4, -0.2) is 19.8 Å². The fraction of sp³-hybridized carbons (Fsp3) is 0.462. The van der Waals surface area contributed by atoms with Crippen LogP contribution >= 0.6 is 11.6 Å². The van der Waals surface area contributed by atoms with Gasteiger partial charge in [0.15, 0.2) is 0 Å². The molecule has 0 aliphatic carbocycles. The van der Waals surface area contributed by atoms with Crippen molar-refractivity contribution in [1.29, 1.82) is 5.26 Å². The largest absolute Gasteiger partial charge is 0.384 e. The standard InChI is InChI=1S/C13H15ClN2O/c14-12-2-1-11(8-15)13(7-12)16-5-3-10-4-6-17-9-10/h1-2,7,10,16H,3-6,9H2. The van der Waals surface area contributed by atoms with E-state index in [1.165, 1.54) is 0 Å². The minimum absolute atomic E-state index is 0.636. The normalized spacial score (nSPS) is 18.9. The number of ether oxygens (including phenoxy) is 1. The van der Waals surface area contributed by atoms with Gasteiger partial charge in [-0.05, 0) is 37.0 Å². The third kappa shape index (κ3) is 3.36. The van der Waals surface area contributed by atoms with Crippen molar-refractivity contribution < 1.29 is 4.74 Å². The molecule has 3 nitrogen and oxygen atoms in total. The van der Waals surface area contributed by atoms with Crippen molar-refractivity contribution in [1.82, 2.24) is 0 Å². The van der Waals surface area contributed by atoms with Crippen LogP contribution in [0.2, 0.25) is 5.02 Å². The Bertz CT molecular complexity index is 422. The summed E-state index contributed by atoms with van der Waals surface area (Å²) < 4.78 is 5.32. The molecule has 1 N–H and O–H groups in total. The minimum Gasteiger partial charge on any atom is -0.384 e. The van der Waals surface area contributed by atoms with Crippen LogP contribution in [0.5, 0.6) is 0 Å². The molecule has 1 fully saturated rings. The van der Waals surface area contributed by atoms with Crippen molar-refractivity contribution in [3.05, 3.63) is 28.8 Å². The second-order valence-corrected chi connectivity index (χ2v) is 4.68. The molecule has 2 rings (SSSR count). The maximum Gasteiger partial charge on any atom is 0.101 e. The molecule has 1 aliphatic rings. The summed E-state index contributed by atoms with van der Waals surface area (Å²) in [5.41, 5.74) is 1.45. The third-order valence-electron chi connectivity index (χ3n) is 2.99. The molecule has 1 aromatic carbocycles. The van der Waals surface area contributed by atoms with Crippen LogP contribution in [-0.2, 0) is 4.74 Å². The first-order valence-corrected chi connectivity index (χ1v) is 6.18. The maximum absolute atomic E-state index is 8.97. The predicted molar refractivity (Wildman–Crippen MR) is 68.2 cm³/mol. The minimum atomic E-state index is 0.636. The topological polar surface area (TPSA) is 45.0 Å². The Morgan fingerprint density at radius 1 is 1.53 bits per heavy atom. The first-order chi connectivity index (χ1) is 8.29. The van der Waals surface area contributed by atoms with Gasteiger partial charge in [0.05, 0.1) is 11.3 Å². The van der Waals surface area contributed by atoms with Gasteiger partial charge in [0, 0.05) is 24.8 Å². The van der Waals surface area contributed by atoms with Crippen molar-refractivity contribution in [3.8, 4) is 6.07 Å². The zero-order valence-corrected chi connectivity index (χ0v) is 10.3. The quantitative estimate of drug-likeness (QED) is 0.893. The van der Waals surface area contributed by atoms with Gasteiger partial charge in [0.1, 0.15) is 6.07 Å². The summed E-state index contributed by atoms with van der Waals surface area (Å²) in [6, 6.07) is 7.42. The third-order valence-corrected chi connectivity index (χ3v) is 3.23. The highest BCUT2D eigenvalue weighted by Crippen LogP contribution is 2.21. The highest BCUT2D eigenvalue weighted by atomic mass is 35.5. The van der Waals surface area contributed by atoms with Crippen molar-refractivity contribution in [2.45, 2.75) is 12.8 Å². The molecule has 1 aromatic rings. The molecule has 0 bridgehead atoms. The number of rotatable bonds is 4. The lowest BCUT2D eigenvalue weighted by Gasteiger charge is -2.11. The van der Waals surface area contributed by atoms with Crippen LogP contribution in [0.4, 0.5) is 5.69 Å². The molecule has 1 aliphatic heterocycles. The van der Waals surface area contributed by atoms with Gasteiger partial charge < -0.3 is 10.1 Å². The van der Waals surface area contributed by atoms with Crippen LogP contribution in [0.25, 0.3) is 0 Å². The smallest absolute Gasteiger partial charge is 0.101 e. The van der Waals surface area contributed by atoms with E-state index in [0.717, 1.165) is 38.3 Å². The lowest BCUT2D eigenvalue weighted by molar-refractivity contribution is 0.185. The van der Waals surface area contributed by atoms with E-state index in [4.69, 9.17) is 21.6 Å². The molecule has 0 amide bonds. The van der Waals surface area contributed by atoms with Crippen molar-refractivity contribution in [3.63, 3.8) is 0 Å². The van der Waals surface area contributed by atoms with E-state index in [2.05, 4.69) is 11.4 Å². The summed E-state index contributed by atoms with van der Waals surface area (Å²) in [4.78, 5) is 0. The molecule has 0 radical (unpaired) electrons. The second-order valence-electron chi connectivity index (χ2n) is 4.25. The summed E-state index contributed by atoms with van der Waals surface area (Å²) in [6.07, 6.45) is 2.21. The Morgan fingerprint density at radius 2 is 2.41 bits per heavy atom. The highest BCUT2D eigenvalue weighted by molar-refractivity contribution is 6.30. The van der Waals surface area contributed by atoms with Crippen LogP contribution in [0.15, 0.2) is 18.2 Å². The van der Waals surface area contributed by atoms with E-state index in [9.17, 15) is 0 Å². The van der Waals surface area contributed by atoms with Crippen LogP contribution < -0.4 is 5.32 Å². The van der Waals surface area contributed by atoms with E-state index < -0.39 is 0 Å². The maximum atomic E-state index is 8.97. The Balaban J connectivity index is 1.89. The number of benzene rings is 1. The molecular formula is C13H15ClN2O. The molecule has 1 atom stereocenters. The van der Waals surface area contributed by atoms with E-state index in [0.29, 0.717) is 16.5 Å². The molecule has 17 heavy (non-hydrogen) atoms. The molecule has 4 heteroatoms. The second kappa shape index (κ2) is 5.90. The van der Waals surface area contributed by atoms with Crippen molar-refractivity contribution in [2.75, 3.05) is 25.1 Å². The average Bonchev–Trinajstić information content (AvgIpc) is 2.82. The molecule has 0 spiro atoms. The van der Waals surface area contributed by atoms with Gasteiger partial charge in [-0.1, -0.05) is 11.6 Å². The number of hydrogen-bond acceptors (Lipinski definition) is 3.